The summed E-state index contributed by atoms with van der Waals surface area (Å²) < 4.78 is 5.27. The van der Waals surface area contributed by atoms with Crippen molar-refractivity contribution in [3.8, 4) is 5.75 Å². The van der Waals surface area contributed by atoms with Crippen LogP contribution in [0.15, 0.2) is 24.3 Å². The minimum absolute atomic E-state index is 0. The molecule has 0 radical (unpaired) electrons. The van der Waals surface area contributed by atoms with Gasteiger partial charge in [0.05, 0.1) is 13.2 Å². The number of methoxy groups -OCH3 is 1. The molecule has 1 saturated carbocycles. The molecule has 3 unspecified atom stereocenters. The van der Waals surface area contributed by atoms with Gasteiger partial charge in [-0.3, -0.25) is 4.79 Å². The molecule has 1 aromatic carbocycles. The molecule has 1 aliphatic carbocycles. The summed E-state index contributed by atoms with van der Waals surface area (Å²) in [6.45, 7) is 4.82. The van der Waals surface area contributed by atoms with Gasteiger partial charge in [0.15, 0.2) is 0 Å². The summed E-state index contributed by atoms with van der Waals surface area (Å²) in [6, 6.07) is 8.17. The van der Waals surface area contributed by atoms with Crippen LogP contribution in [0.2, 0.25) is 0 Å². The van der Waals surface area contributed by atoms with Crippen molar-refractivity contribution in [1.82, 2.24) is 4.90 Å². The standard InChI is InChI=1S/C17H26N2O2.ClH/c1-4-19(17(20)14-8-9-15(18)10-14)12(2)13-6-5-7-16(11-13)21-3;/h5-7,11-12,14-15H,4,8-10,18H2,1-3H3;1H. The second-order valence-electron chi connectivity index (χ2n) is 5.85. The number of nitrogens with zero attached hydrogens (tertiary/aromatic N) is 1. The van der Waals surface area contributed by atoms with Gasteiger partial charge in [0, 0.05) is 18.5 Å². The number of hydrogen-bond acceptors (Lipinski definition) is 3. The third kappa shape index (κ3) is 4.14. The van der Waals surface area contributed by atoms with Crippen LogP contribution in [-0.2, 0) is 4.79 Å². The quantitative estimate of drug-likeness (QED) is 0.904. The molecule has 0 aliphatic heterocycles. The van der Waals surface area contributed by atoms with E-state index in [9.17, 15) is 4.79 Å². The fraction of sp³-hybridized carbons (Fsp3) is 0.588. The summed E-state index contributed by atoms with van der Waals surface area (Å²) >= 11 is 0. The SMILES string of the molecule is CCN(C(=O)C1CCC(N)C1)C(C)c1cccc(OC)c1.Cl. The summed E-state index contributed by atoms with van der Waals surface area (Å²) in [7, 11) is 1.66. The molecule has 0 heterocycles. The van der Waals surface area contributed by atoms with Crippen molar-refractivity contribution in [3.05, 3.63) is 29.8 Å². The third-order valence-electron chi connectivity index (χ3n) is 4.49. The van der Waals surface area contributed by atoms with Gasteiger partial charge in [-0.2, -0.15) is 0 Å². The van der Waals surface area contributed by atoms with E-state index in [0.717, 1.165) is 30.6 Å². The number of rotatable bonds is 5. The zero-order valence-electron chi connectivity index (χ0n) is 13.6. The molecule has 0 spiro atoms. The van der Waals surface area contributed by atoms with E-state index in [-0.39, 0.29) is 36.3 Å². The van der Waals surface area contributed by atoms with Gasteiger partial charge in [-0.15, -0.1) is 12.4 Å². The van der Waals surface area contributed by atoms with E-state index in [1.54, 1.807) is 7.11 Å². The number of ether oxygens (including phenoxy) is 1. The smallest absolute Gasteiger partial charge is 0.226 e. The summed E-state index contributed by atoms with van der Waals surface area (Å²) in [5, 5.41) is 0. The molecule has 3 atom stereocenters. The highest BCUT2D eigenvalue weighted by molar-refractivity contribution is 5.85. The maximum Gasteiger partial charge on any atom is 0.226 e. The molecule has 1 aliphatic rings. The largest absolute Gasteiger partial charge is 0.497 e. The monoisotopic (exact) mass is 326 g/mol. The fourth-order valence-corrected chi connectivity index (χ4v) is 3.18. The first kappa shape index (κ1) is 18.8. The van der Waals surface area contributed by atoms with Crippen molar-refractivity contribution in [2.45, 2.75) is 45.2 Å². The Kier molecular flexibility index (Phi) is 7.17. The summed E-state index contributed by atoms with van der Waals surface area (Å²) in [5.74, 6) is 1.15. The van der Waals surface area contributed by atoms with Crippen molar-refractivity contribution in [3.63, 3.8) is 0 Å². The maximum atomic E-state index is 12.7. The first-order valence-corrected chi connectivity index (χ1v) is 7.76. The van der Waals surface area contributed by atoms with Gasteiger partial charge in [-0.1, -0.05) is 12.1 Å². The van der Waals surface area contributed by atoms with Crippen LogP contribution in [0.1, 0.15) is 44.7 Å². The lowest BCUT2D eigenvalue weighted by Crippen LogP contribution is -2.37. The van der Waals surface area contributed by atoms with Crippen LogP contribution in [0.5, 0.6) is 5.75 Å². The van der Waals surface area contributed by atoms with Crippen LogP contribution in [0.25, 0.3) is 0 Å². The van der Waals surface area contributed by atoms with Gasteiger partial charge in [-0.05, 0) is 50.8 Å². The molecular formula is C17H27ClN2O2. The van der Waals surface area contributed by atoms with E-state index in [1.807, 2.05) is 36.1 Å². The number of carbonyl (C=O) groups excluding carboxylic acids is 1. The molecule has 0 saturated heterocycles. The van der Waals surface area contributed by atoms with Gasteiger partial charge in [0.1, 0.15) is 5.75 Å². The van der Waals surface area contributed by atoms with Crippen molar-refractivity contribution in [2.75, 3.05) is 13.7 Å². The van der Waals surface area contributed by atoms with Crippen molar-refractivity contribution < 1.29 is 9.53 Å². The first-order valence-electron chi connectivity index (χ1n) is 7.76. The van der Waals surface area contributed by atoms with Gasteiger partial charge in [0.25, 0.3) is 0 Å². The van der Waals surface area contributed by atoms with Crippen LogP contribution >= 0.6 is 12.4 Å². The molecule has 22 heavy (non-hydrogen) atoms. The van der Waals surface area contributed by atoms with Crippen molar-refractivity contribution in [1.29, 1.82) is 0 Å². The normalized spacial score (nSPS) is 21.8. The highest BCUT2D eigenvalue weighted by Gasteiger charge is 2.32. The average Bonchev–Trinajstić information content (AvgIpc) is 2.94. The number of nitrogens with two attached hydrogens (primary N) is 1. The molecule has 1 fully saturated rings. The van der Waals surface area contributed by atoms with Crippen LogP contribution in [-0.4, -0.2) is 30.5 Å². The van der Waals surface area contributed by atoms with Crippen LogP contribution in [0.3, 0.4) is 0 Å². The number of amides is 1. The minimum Gasteiger partial charge on any atom is -0.497 e. The molecule has 1 amide bonds. The predicted octanol–water partition coefficient (Wildman–Crippen LogP) is 3.15. The van der Waals surface area contributed by atoms with Crippen LogP contribution in [0, 0.1) is 5.92 Å². The molecule has 4 nitrogen and oxygen atoms in total. The van der Waals surface area contributed by atoms with Gasteiger partial charge in [0.2, 0.25) is 5.91 Å². The van der Waals surface area contributed by atoms with Gasteiger partial charge in [-0.25, -0.2) is 0 Å². The first-order chi connectivity index (χ1) is 10.1. The summed E-state index contributed by atoms with van der Waals surface area (Å²) in [6.07, 6.45) is 2.70. The molecular weight excluding hydrogens is 300 g/mol. The summed E-state index contributed by atoms with van der Waals surface area (Å²) in [5.41, 5.74) is 7.05. The molecule has 2 rings (SSSR count). The highest BCUT2D eigenvalue weighted by Crippen LogP contribution is 2.30. The van der Waals surface area contributed by atoms with E-state index < -0.39 is 0 Å². The molecule has 124 valence electrons. The van der Waals surface area contributed by atoms with Gasteiger partial charge >= 0.3 is 0 Å². The number of halogens is 1. The Morgan fingerprint density at radius 1 is 1.45 bits per heavy atom. The fourth-order valence-electron chi connectivity index (χ4n) is 3.18. The van der Waals surface area contributed by atoms with Gasteiger partial charge < -0.3 is 15.4 Å². The Labute approximate surface area is 139 Å². The molecule has 5 heteroatoms. The lowest BCUT2D eigenvalue weighted by Gasteiger charge is -2.31. The van der Waals surface area contributed by atoms with E-state index in [0.29, 0.717) is 6.54 Å². The summed E-state index contributed by atoms with van der Waals surface area (Å²) in [4.78, 5) is 14.7. The second-order valence-corrected chi connectivity index (χ2v) is 5.85. The zero-order chi connectivity index (χ0) is 15.4. The third-order valence-corrected chi connectivity index (χ3v) is 4.49. The Bertz CT molecular complexity index is 495. The molecule has 0 aromatic heterocycles. The number of hydrogen-bond donors (Lipinski definition) is 1. The van der Waals surface area contributed by atoms with E-state index in [4.69, 9.17) is 10.5 Å². The Balaban J connectivity index is 0.00000242. The minimum atomic E-state index is 0. The Morgan fingerprint density at radius 2 is 2.18 bits per heavy atom. The zero-order valence-corrected chi connectivity index (χ0v) is 14.4. The lowest BCUT2D eigenvalue weighted by atomic mass is 10.0. The predicted molar refractivity (Wildman–Crippen MR) is 91.4 cm³/mol. The van der Waals surface area contributed by atoms with Crippen molar-refractivity contribution in [2.24, 2.45) is 11.7 Å². The van der Waals surface area contributed by atoms with Crippen LogP contribution < -0.4 is 10.5 Å². The van der Waals surface area contributed by atoms with E-state index in [2.05, 4.69) is 6.92 Å². The molecule has 2 N–H and O–H groups in total. The van der Waals surface area contributed by atoms with E-state index >= 15 is 0 Å². The lowest BCUT2D eigenvalue weighted by molar-refractivity contribution is -0.137. The second kappa shape index (κ2) is 8.39. The van der Waals surface area contributed by atoms with Crippen molar-refractivity contribution >= 4 is 18.3 Å². The molecule has 0 bridgehead atoms. The Hall–Kier alpha value is -1.26. The van der Waals surface area contributed by atoms with E-state index in [1.165, 1.54) is 0 Å². The highest BCUT2D eigenvalue weighted by atomic mass is 35.5. The average molecular weight is 327 g/mol. The molecule has 1 aromatic rings. The van der Waals surface area contributed by atoms with Crippen LogP contribution in [0.4, 0.5) is 0 Å². The topological polar surface area (TPSA) is 55.6 Å². The number of carbonyl (C=O) groups is 1. The maximum absolute atomic E-state index is 12.7. The number of benzene rings is 1. The Morgan fingerprint density at radius 3 is 2.73 bits per heavy atom.